The predicted octanol–water partition coefficient (Wildman–Crippen LogP) is 2.20. The molecule has 5 heteroatoms. The van der Waals surface area contributed by atoms with Crippen LogP contribution in [-0.2, 0) is 9.84 Å². The first-order chi connectivity index (χ1) is 9.98. The Bertz CT molecular complexity index is 410. The summed E-state index contributed by atoms with van der Waals surface area (Å²) < 4.78 is 23.2. The molecular weight excluding hydrogens is 284 g/mol. The van der Waals surface area contributed by atoms with Crippen molar-refractivity contribution in [3.05, 3.63) is 0 Å². The SMILES string of the molecule is CCNC(CCS(C)(=O)=O)C1(N2CCCCC2)CCCC1. The lowest BCUT2D eigenvalue weighted by Gasteiger charge is -2.49. The molecule has 2 rings (SSSR count). The minimum Gasteiger partial charge on any atom is -0.312 e. The maximum atomic E-state index is 11.6. The van der Waals surface area contributed by atoms with Crippen LogP contribution in [-0.4, -0.2) is 56.5 Å². The van der Waals surface area contributed by atoms with Crippen molar-refractivity contribution >= 4 is 9.84 Å². The van der Waals surface area contributed by atoms with Gasteiger partial charge < -0.3 is 5.32 Å². The van der Waals surface area contributed by atoms with Crippen LogP contribution in [0.5, 0.6) is 0 Å². The first kappa shape index (κ1) is 17.2. The lowest BCUT2D eigenvalue weighted by molar-refractivity contribution is 0.0361. The summed E-state index contributed by atoms with van der Waals surface area (Å²) in [5.74, 6) is 0.306. The Morgan fingerprint density at radius 2 is 1.71 bits per heavy atom. The molecule has 1 saturated carbocycles. The third kappa shape index (κ3) is 4.42. The summed E-state index contributed by atoms with van der Waals surface area (Å²) in [5.41, 5.74) is 0.209. The number of likely N-dealkylation sites (N-methyl/N-ethyl adjacent to an activating group) is 1. The van der Waals surface area contributed by atoms with Crippen LogP contribution in [0.15, 0.2) is 0 Å². The van der Waals surface area contributed by atoms with Gasteiger partial charge >= 0.3 is 0 Å². The van der Waals surface area contributed by atoms with Crippen molar-refractivity contribution in [2.24, 2.45) is 0 Å². The van der Waals surface area contributed by atoms with Gasteiger partial charge in [0.25, 0.3) is 0 Å². The van der Waals surface area contributed by atoms with E-state index in [9.17, 15) is 8.42 Å². The highest BCUT2D eigenvalue weighted by Crippen LogP contribution is 2.40. The fourth-order valence-electron chi connectivity index (χ4n) is 4.35. The van der Waals surface area contributed by atoms with Gasteiger partial charge in [0.15, 0.2) is 0 Å². The van der Waals surface area contributed by atoms with E-state index < -0.39 is 9.84 Å². The molecule has 1 aliphatic carbocycles. The largest absolute Gasteiger partial charge is 0.312 e. The van der Waals surface area contributed by atoms with Crippen LogP contribution in [0.2, 0.25) is 0 Å². The standard InChI is InChI=1S/C16H32N2O2S/c1-3-17-15(9-14-21(2,19)20)16(10-5-6-11-16)18-12-7-4-8-13-18/h15,17H,3-14H2,1-2H3. The van der Waals surface area contributed by atoms with E-state index in [0.717, 1.165) is 13.0 Å². The second-order valence-electron chi connectivity index (χ2n) is 6.89. The number of hydrogen-bond acceptors (Lipinski definition) is 4. The Balaban J connectivity index is 2.14. The molecule has 0 aromatic rings. The van der Waals surface area contributed by atoms with Crippen LogP contribution in [0, 0.1) is 0 Å². The molecule has 0 aromatic heterocycles. The molecule has 1 heterocycles. The van der Waals surface area contributed by atoms with Crippen LogP contribution in [0.3, 0.4) is 0 Å². The van der Waals surface area contributed by atoms with Gasteiger partial charge in [0.2, 0.25) is 0 Å². The van der Waals surface area contributed by atoms with E-state index in [2.05, 4.69) is 17.1 Å². The molecule has 1 unspecified atom stereocenters. The number of nitrogens with zero attached hydrogens (tertiary/aromatic N) is 1. The third-order valence-corrected chi connectivity index (χ3v) is 6.31. The van der Waals surface area contributed by atoms with Crippen LogP contribution in [0.1, 0.15) is 58.3 Å². The Morgan fingerprint density at radius 3 is 2.24 bits per heavy atom. The maximum Gasteiger partial charge on any atom is 0.147 e. The molecular formula is C16H32N2O2S. The van der Waals surface area contributed by atoms with Gasteiger partial charge in [-0.2, -0.15) is 0 Å². The van der Waals surface area contributed by atoms with Crippen molar-refractivity contribution in [1.82, 2.24) is 10.2 Å². The summed E-state index contributed by atoms with van der Waals surface area (Å²) in [6.45, 7) is 5.44. The molecule has 4 nitrogen and oxygen atoms in total. The molecule has 0 spiro atoms. The van der Waals surface area contributed by atoms with Crippen molar-refractivity contribution in [1.29, 1.82) is 0 Å². The second kappa shape index (κ2) is 7.42. The van der Waals surface area contributed by atoms with Crippen LogP contribution < -0.4 is 5.32 Å². The Labute approximate surface area is 130 Å². The summed E-state index contributed by atoms with van der Waals surface area (Å²) in [6.07, 6.45) is 11.1. The van der Waals surface area contributed by atoms with Gasteiger partial charge in [0.1, 0.15) is 9.84 Å². The Hall–Kier alpha value is -0.130. The molecule has 21 heavy (non-hydrogen) atoms. The van der Waals surface area contributed by atoms with Crippen molar-refractivity contribution in [3.63, 3.8) is 0 Å². The summed E-state index contributed by atoms with van der Waals surface area (Å²) in [5, 5.41) is 3.63. The summed E-state index contributed by atoms with van der Waals surface area (Å²) in [6, 6.07) is 0.317. The average molecular weight is 317 g/mol. The van der Waals surface area contributed by atoms with E-state index >= 15 is 0 Å². The van der Waals surface area contributed by atoms with Crippen molar-refractivity contribution in [2.75, 3.05) is 31.6 Å². The topological polar surface area (TPSA) is 49.4 Å². The summed E-state index contributed by atoms with van der Waals surface area (Å²) in [4.78, 5) is 2.69. The second-order valence-corrected chi connectivity index (χ2v) is 9.15. The maximum absolute atomic E-state index is 11.6. The molecule has 1 atom stereocenters. The smallest absolute Gasteiger partial charge is 0.147 e. The number of sulfone groups is 1. The molecule has 0 bridgehead atoms. The van der Waals surface area contributed by atoms with Crippen LogP contribution in [0.25, 0.3) is 0 Å². The third-order valence-electron chi connectivity index (χ3n) is 5.33. The number of piperidine rings is 1. The van der Waals surface area contributed by atoms with Gasteiger partial charge in [-0.1, -0.05) is 26.2 Å². The molecule has 1 N–H and O–H groups in total. The number of likely N-dealkylation sites (tertiary alicyclic amines) is 1. The highest BCUT2D eigenvalue weighted by atomic mass is 32.2. The quantitative estimate of drug-likeness (QED) is 0.782. The molecule has 0 aromatic carbocycles. The predicted molar refractivity (Wildman–Crippen MR) is 88.4 cm³/mol. The molecule has 1 aliphatic heterocycles. The number of hydrogen-bond donors (Lipinski definition) is 1. The van der Waals surface area contributed by atoms with E-state index in [-0.39, 0.29) is 5.54 Å². The normalized spacial score (nSPS) is 25.0. The minimum atomic E-state index is -2.88. The van der Waals surface area contributed by atoms with E-state index in [0.29, 0.717) is 11.8 Å². The highest BCUT2D eigenvalue weighted by molar-refractivity contribution is 7.90. The van der Waals surface area contributed by atoms with Gasteiger partial charge in [-0.05, 0) is 51.7 Å². The summed E-state index contributed by atoms with van der Waals surface area (Å²) in [7, 11) is -2.88. The molecule has 2 aliphatic rings. The zero-order chi connectivity index (χ0) is 15.3. The van der Waals surface area contributed by atoms with Gasteiger partial charge in [0.05, 0.1) is 5.75 Å². The Morgan fingerprint density at radius 1 is 1.10 bits per heavy atom. The average Bonchev–Trinajstić information content (AvgIpc) is 2.94. The molecule has 0 amide bonds. The van der Waals surface area contributed by atoms with Gasteiger partial charge in [-0.3, -0.25) is 4.90 Å². The fraction of sp³-hybridized carbons (Fsp3) is 1.00. The molecule has 124 valence electrons. The monoisotopic (exact) mass is 316 g/mol. The van der Waals surface area contributed by atoms with Gasteiger partial charge in [-0.25, -0.2) is 8.42 Å². The molecule has 1 saturated heterocycles. The first-order valence-corrected chi connectivity index (χ1v) is 10.7. The van der Waals surface area contributed by atoms with Crippen molar-refractivity contribution < 1.29 is 8.42 Å². The van der Waals surface area contributed by atoms with E-state index in [1.54, 1.807) is 0 Å². The van der Waals surface area contributed by atoms with Gasteiger partial charge in [-0.15, -0.1) is 0 Å². The fourth-order valence-corrected chi connectivity index (χ4v) is 5.01. The first-order valence-electron chi connectivity index (χ1n) is 8.64. The van der Waals surface area contributed by atoms with E-state index in [1.807, 2.05) is 0 Å². The van der Waals surface area contributed by atoms with Crippen molar-refractivity contribution in [2.45, 2.75) is 69.9 Å². The van der Waals surface area contributed by atoms with Crippen molar-refractivity contribution in [3.8, 4) is 0 Å². The van der Waals surface area contributed by atoms with E-state index in [4.69, 9.17) is 0 Å². The van der Waals surface area contributed by atoms with Gasteiger partial charge in [0, 0.05) is 17.8 Å². The van der Waals surface area contributed by atoms with E-state index in [1.165, 1.54) is 64.3 Å². The zero-order valence-corrected chi connectivity index (χ0v) is 14.6. The lowest BCUT2D eigenvalue weighted by Crippen LogP contribution is -2.61. The highest BCUT2D eigenvalue weighted by Gasteiger charge is 2.45. The molecule has 2 fully saturated rings. The summed E-state index contributed by atoms with van der Waals surface area (Å²) >= 11 is 0. The Kier molecular flexibility index (Phi) is 6.09. The minimum absolute atomic E-state index is 0.209. The number of nitrogens with one attached hydrogen (secondary N) is 1. The zero-order valence-electron chi connectivity index (χ0n) is 13.7. The van der Waals surface area contributed by atoms with Crippen LogP contribution in [0.4, 0.5) is 0 Å². The lowest BCUT2D eigenvalue weighted by atomic mass is 9.83. The number of rotatable bonds is 7. The molecule has 0 radical (unpaired) electrons. The van der Waals surface area contributed by atoms with Crippen LogP contribution >= 0.6 is 0 Å².